The summed E-state index contributed by atoms with van der Waals surface area (Å²) < 4.78 is 12.7. The third kappa shape index (κ3) is 1.48. The zero-order chi connectivity index (χ0) is 7.72. The van der Waals surface area contributed by atoms with Crippen molar-refractivity contribution in [1.29, 1.82) is 0 Å². The highest BCUT2D eigenvalue weighted by Crippen LogP contribution is 2.21. The van der Waals surface area contributed by atoms with Crippen molar-refractivity contribution >= 4 is 0 Å². The van der Waals surface area contributed by atoms with Crippen molar-refractivity contribution in [1.82, 2.24) is 4.90 Å². The quantitative estimate of drug-likeness (QED) is 0.544. The number of hydrogen-bond donors (Lipinski definition) is 0. The van der Waals surface area contributed by atoms with Crippen LogP contribution in [0.25, 0.3) is 0 Å². The second-order valence-corrected chi connectivity index (χ2v) is 3.47. The predicted molar refractivity (Wildman–Crippen MR) is 40.8 cm³/mol. The number of hydrogen-bond acceptors (Lipinski definition) is 1. The molecule has 0 spiro atoms. The van der Waals surface area contributed by atoms with Gasteiger partial charge < -0.3 is 0 Å². The Morgan fingerprint density at radius 3 is 2.30 bits per heavy atom. The molecule has 1 nitrogen and oxygen atoms in total. The summed E-state index contributed by atoms with van der Waals surface area (Å²) in [4.78, 5) is 2.21. The van der Waals surface area contributed by atoms with Crippen LogP contribution in [0.2, 0.25) is 0 Å². The van der Waals surface area contributed by atoms with Gasteiger partial charge in [0.1, 0.15) is 6.17 Å². The zero-order valence-corrected chi connectivity index (χ0v) is 6.97. The molecule has 0 amide bonds. The van der Waals surface area contributed by atoms with E-state index < -0.39 is 6.17 Å². The van der Waals surface area contributed by atoms with Crippen molar-refractivity contribution in [2.75, 3.05) is 6.54 Å². The van der Waals surface area contributed by atoms with Gasteiger partial charge >= 0.3 is 0 Å². The monoisotopic (exact) mass is 145 g/mol. The van der Waals surface area contributed by atoms with Gasteiger partial charge in [0.05, 0.1) is 0 Å². The first-order valence-corrected chi connectivity index (χ1v) is 4.01. The second-order valence-electron chi connectivity index (χ2n) is 3.47. The average molecular weight is 145 g/mol. The Balaban J connectivity index is 2.46. The van der Waals surface area contributed by atoms with E-state index in [9.17, 15) is 4.39 Å². The van der Waals surface area contributed by atoms with Crippen LogP contribution in [0.4, 0.5) is 4.39 Å². The molecule has 1 fully saturated rings. The highest BCUT2D eigenvalue weighted by atomic mass is 19.1. The lowest BCUT2D eigenvalue weighted by Gasteiger charge is -2.24. The summed E-state index contributed by atoms with van der Waals surface area (Å²) in [6.07, 6.45) is 0.135. The van der Waals surface area contributed by atoms with Gasteiger partial charge in [-0.15, -0.1) is 0 Å². The zero-order valence-electron chi connectivity index (χ0n) is 6.97. The molecule has 0 aliphatic carbocycles. The van der Waals surface area contributed by atoms with Crippen molar-refractivity contribution in [3.05, 3.63) is 0 Å². The molecule has 0 aromatic heterocycles. The van der Waals surface area contributed by atoms with Crippen LogP contribution in [0.5, 0.6) is 0 Å². The molecule has 0 N–H and O–H groups in total. The van der Waals surface area contributed by atoms with Crippen molar-refractivity contribution in [2.24, 2.45) is 0 Å². The first-order chi connectivity index (χ1) is 4.61. The first kappa shape index (κ1) is 7.99. The number of rotatable bonds is 1. The SMILES string of the molecule is CC(C)N1C[C@H](F)C[C@H]1C. The lowest BCUT2D eigenvalue weighted by Crippen LogP contribution is -2.33. The second kappa shape index (κ2) is 2.87. The molecule has 0 aromatic rings. The normalized spacial score (nSPS) is 35.7. The molecule has 0 unspecified atom stereocenters. The number of likely N-dealkylation sites (tertiary alicyclic amines) is 1. The maximum absolute atomic E-state index is 12.7. The third-order valence-corrected chi connectivity index (χ3v) is 2.24. The van der Waals surface area contributed by atoms with Gasteiger partial charge in [0, 0.05) is 18.6 Å². The van der Waals surface area contributed by atoms with Gasteiger partial charge in [-0.05, 0) is 27.2 Å². The standard InChI is InChI=1S/C8H16FN/c1-6(2)10-5-8(9)4-7(10)3/h6-8H,4-5H2,1-3H3/t7-,8-/m1/s1. The summed E-state index contributed by atoms with van der Waals surface area (Å²) in [6.45, 7) is 6.97. The Labute approximate surface area is 62.2 Å². The van der Waals surface area contributed by atoms with Crippen LogP contribution in [0.1, 0.15) is 27.2 Å². The molecular formula is C8H16FN. The molecule has 1 aliphatic heterocycles. The van der Waals surface area contributed by atoms with E-state index in [1.807, 2.05) is 0 Å². The Kier molecular flexibility index (Phi) is 2.29. The fraction of sp³-hybridized carbons (Fsp3) is 1.00. The Morgan fingerprint density at radius 1 is 1.50 bits per heavy atom. The molecule has 10 heavy (non-hydrogen) atoms. The number of nitrogens with zero attached hydrogens (tertiary/aromatic N) is 1. The molecule has 2 atom stereocenters. The fourth-order valence-electron chi connectivity index (χ4n) is 1.71. The minimum absolute atomic E-state index is 0.440. The van der Waals surface area contributed by atoms with E-state index in [-0.39, 0.29) is 0 Å². The van der Waals surface area contributed by atoms with Crippen LogP contribution in [-0.4, -0.2) is 29.7 Å². The minimum atomic E-state index is -0.586. The van der Waals surface area contributed by atoms with E-state index in [2.05, 4.69) is 25.7 Å². The van der Waals surface area contributed by atoms with Crippen LogP contribution in [-0.2, 0) is 0 Å². The lowest BCUT2D eigenvalue weighted by molar-refractivity contribution is 0.205. The van der Waals surface area contributed by atoms with Crippen molar-refractivity contribution in [3.8, 4) is 0 Å². The van der Waals surface area contributed by atoms with E-state index in [0.29, 0.717) is 18.6 Å². The predicted octanol–water partition coefficient (Wildman–Crippen LogP) is 1.83. The maximum Gasteiger partial charge on any atom is 0.114 e. The minimum Gasteiger partial charge on any atom is -0.295 e. The molecule has 0 aromatic carbocycles. The Bertz CT molecular complexity index is 114. The number of alkyl halides is 1. The fourth-order valence-corrected chi connectivity index (χ4v) is 1.71. The van der Waals surface area contributed by atoms with E-state index in [1.54, 1.807) is 0 Å². The summed E-state index contributed by atoms with van der Waals surface area (Å²) >= 11 is 0. The Hall–Kier alpha value is -0.110. The topological polar surface area (TPSA) is 3.24 Å². The van der Waals surface area contributed by atoms with Gasteiger partial charge in [-0.2, -0.15) is 0 Å². The van der Waals surface area contributed by atoms with Gasteiger partial charge in [0.25, 0.3) is 0 Å². The van der Waals surface area contributed by atoms with E-state index in [1.165, 1.54) is 0 Å². The van der Waals surface area contributed by atoms with Crippen LogP contribution in [0.3, 0.4) is 0 Å². The van der Waals surface area contributed by atoms with Gasteiger partial charge in [0.15, 0.2) is 0 Å². The first-order valence-electron chi connectivity index (χ1n) is 4.01. The summed E-state index contributed by atoms with van der Waals surface area (Å²) in [5.74, 6) is 0. The van der Waals surface area contributed by atoms with Gasteiger partial charge in [-0.3, -0.25) is 4.90 Å². The highest BCUT2D eigenvalue weighted by Gasteiger charge is 2.29. The summed E-state index contributed by atoms with van der Waals surface area (Å²) in [7, 11) is 0. The number of halogens is 1. The van der Waals surface area contributed by atoms with Crippen LogP contribution >= 0.6 is 0 Å². The van der Waals surface area contributed by atoms with E-state index >= 15 is 0 Å². The molecule has 2 heteroatoms. The van der Waals surface area contributed by atoms with Crippen molar-refractivity contribution in [2.45, 2.75) is 45.4 Å². The molecule has 0 radical (unpaired) electrons. The van der Waals surface area contributed by atoms with Gasteiger partial charge in [-0.25, -0.2) is 4.39 Å². The molecular weight excluding hydrogens is 129 g/mol. The average Bonchev–Trinajstić information content (AvgIpc) is 2.10. The molecule has 1 saturated heterocycles. The maximum atomic E-state index is 12.7. The van der Waals surface area contributed by atoms with Crippen LogP contribution in [0, 0.1) is 0 Å². The Morgan fingerprint density at radius 2 is 2.10 bits per heavy atom. The van der Waals surface area contributed by atoms with Crippen molar-refractivity contribution < 1.29 is 4.39 Å². The summed E-state index contributed by atoms with van der Waals surface area (Å²) in [5.41, 5.74) is 0. The molecule has 0 saturated carbocycles. The molecule has 1 rings (SSSR count). The van der Waals surface area contributed by atoms with Crippen molar-refractivity contribution in [3.63, 3.8) is 0 Å². The van der Waals surface area contributed by atoms with E-state index in [4.69, 9.17) is 0 Å². The van der Waals surface area contributed by atoms with Crippen LogP contribution < -0.4 is 0 Å². The molecule has 60 valence electrons. The molecule has 1 aliphatic rings. The highest BCUT2D eigenvalue weighted by molar-refractivity contribution is 4.83. The van der Waals surface area contributed by atoms with Gasteiger partial charge in [-0.1, -0.05) is 0 Å². The molecule has 0 bridgehead atoms. The smallest absolute Gasteiger partial charge is 0.114 e. The molecule has 1 heterocycles. The summed E-state index contributed by atoms with van der Waals surface area (Å²) in [5, 5.41) is 0. The lowest BCUT2D eigenvalue weighted by atomic mass is 10.2. The third-order valence-electron chi connectivity index (χ3n) is 2.24. The van der Waals surface area contributed by atoms with Crippen LogP contribution in [0.15, 0.2) is 0 Å². The van der Waals surface area contributed by atoms with Gasteiger partial charge in [0.2, 0.25) is 0 Å². The summed E-state index contributed by atoms with van der Waals surface area (Å²) in [6, 6.07) is 0.936. The largest absolute Gasteiger partial charge is 0.295 e. The van der Waals surface area contributed by atoms with E-state index in [0.717, 1.165) is 6.42 Å².